The molecule has 0 spiro atoms. The predicted molar refractivity (Wildman–Crippen MR) is 95.5 cm³/mol. The van der Waals surface area contributed by atoms with E-state index < -0.39 is 0 Å². The Kier molecular flexibility index (Phi) is 18.9. The van der Waals surface area contributed by atoms with E-state index in [-0.39, 0.29) is 0 Å². The Labute approximate surface area is 133 Å². The van der Waals surface area contributed by atoms with Crippen molar-refractivity contribution in [3.05, 3.63) is 31.2 Å². The van der Waals surface area contributed by atoms with Gasteiger partial charge >= 0.3 is 0 Å². The zero-order valence-corrected chi connectivity index (χ0v) is 14.3. The van der Waals surface area contributed by atoms with Gasteiger partial charge < -0.3 is 4.74 Å². The van der Waals surface area contributed by atoms with Crippen LogP contribution in [0.1, 0.15) is 84.0 Å². The molecule has 0 aliphatic heterocycles. The molecule has 0 aromatic heterocycles. The van der Waals surface area contributed by atoms with Crippen molar-refractivity contribution in [3.8, 4) is 0 Å². The normalized spacial score (nSPS) is 11.9. The lowest BCUT2D eigenvalue weighted by Gasteiger charge is -2.01. The fourth-order valence-electron chi connectivity index (χ4n) is 2.29. The zero-order valence-electron chi connectivity index (χ0n) is 14.3. The van der Waals surface area contributed by atoms with Crippen LogP contribution >= 0.6 is 0 Å². The van der Waals surface area contributed by atoms with Crippen LogP contribution in [0.15, 0.2) is 24.3 Å². The van der Waals surface area contributed by atoms with Gasteiger partial charge in [-0.3, -0.25) is 0 Å². The monoisotopic (exact) mass is 293 g/mol. The summed E-state index contributed by atoms with van der Waals surface area (Å²) >= 11 is 0. The van der Waals surface area contributed by atoms with Gasteiger partial charge in [-0.2, -0.15) is 0 Å². The first kappa shape index (κ1) is 20.4. The largest absolute Gasteiger partial charge is 0.381 e. The van der Waals surface area contributed by atoms with Crippen molar-refractivity contribution in [3.63, 3.8) is 0 Å². The molecule has 0 aliphatic rings. The number of hydrogen-bond acceptors (Lipinski definition) is 1. The van der Waals surface area contributed by atoms with Gasteiger partial charge in [-0.05, 0) is 45.4 Å². The molecule has 0 amide bonds. The average molecular weight is 294 g/mol. The van der Waals surface area contributed by atoms with Gasteiger partial charge in [0, 0.05) is 13.2 Å². The minimum atomic E-state index is 0.611. The maximum absolute atomic E-state index is 5.23. The number of unbranched alkanes of at least 4 members (excludes halogenated alkanes) is 9. The van der Waals surface area contributed by atoms with E-state index in [0.717, 1.165) is 13.0 Å². The summed E-state index contributed by atoms with van der Waals surface area (Å²) in [5, 5.41) is 0. The van der Waals surface area contributed by atoms with Gasteiger partial charge in [0.05, 0.1) is 0 Å². The first-order valence-electron chi connectivity index (χ1n) is 9.08. The zero-order chi connectivity index (χ0) is 15.4. The average Bonchev–Trinajstić information content (AvgIpc) is 2.50. The summed E-state index contributed by atoms with van der Waals surface area (Å²) in [6.07, 6.45) is 24.9. The number of rotatable bonds is 16. The van der Waals surface area contributed by atoms with E-state index in [0.29, 0.717) is 6.61 Å². The Morgan fingerprint density at radius 3 is 1.90 bits per heavy atom. The van der Waals surface area contributed by atoms with Gasteiger partial charge in [-0.1, -0.05) is 69.8 Å². The second kappa shape index (κ2) is 19.4. The van der Waals surface area contributed by atoms with Gasteiger partial charge in [-0.25, -0.2) is 0 Å². The lowest BCUT2D eigenvalue weighted by molar-refractivity contribution is 0.156. The van der Waals surface area contributed by atoms with Crippen LogP contribution in [0.25, 0.3) is 0 Å². The molecule has 0 aromatic rings. The predicted octanol–water partition coefficient (Wildman–Crippen LogP) is 6.65. The molecule has 0 rings (SSSR count). The molecule has 21 heavy (non-hydrogen) atoms. The third-order valence-electron chi connectivity index (χ3n) is 3.63. The van der Waals surface area contributed by atoms with E-state index in [1.165, 1.54) is 70.6 Å². The fraction of sp³-hybridized carbons (Fsp3) is 0.750. The third kappa shape index (κ3) is 19.4. The molecule has 0 heterocycles. The maximum atomic E-state index is 5.23. The molecule has 1 heteroatoms. The van der Waals surface area contributed by atoms with Crippen LogP contribution in [0.5, 0.6) is 0 Å². The van der Waals surface area contributed by atoms with Gasteiger partial charge in [0.1, 0.15) is 0 Å². The fourth-order valence-corrected chi connectivity index (χ4v) is 2.29. The van der Waals surface area contributed by atoms with Crippen molar-refractivity contribution in [2.45, 2.75) is 84.0 Å². The number of allylic oxidation sites excluding steroid dienone is 4. The van der Waals surface area contributed by atoms with Crippen molar-refractivity contribution in [2.24, 2.45) is 0 Å². The quantitative estimate of drug-likeness (QED) is 0.229. The highest BCUT2D eigenvalue weighted by Gasteiger charge is 1.90. The molecule has 123 valence electrons. The Morgan fingerprint density at radius 1 is 0.714 bits per heavy atom. The van der Waals surface area contributed by atoms with E-state index in [4.69, 9.17) is 4.74 Å². The molecular weight excluding hydrogens is 256 g/mol. The van der Waals surface area contributed by atoms with Crippen LogP contribution in [0.3, 0.4) is 0 Å². The van der Waals surface area contributed by atoms with Crippen molar-refractivity contribution >= 4 is 0 Å². The molecule has 1 radical (unpaired) electrons. The minimum Gasteiger partial charge on any atom is -0.381 e. The molecule has 0 saturated carbocycles. The van der Waals surface area contributed by atoms with Crippen LogP contribution in [-0.4, -0.2) is 13.2 Å². The summed E-state index contributed by atoms with van der Waals surface area (Å²) in [7, 11) is 0. The Bertz CT molecular complexity index is 230. The summed E-state index contributed by atoms with van der Waals surface area (Å²) in [4.78, 5) is 0. The molecule has 0 N–H and O–H groups in total. The van der Waals surface area contributed by atoms with E-state index >= 15 is 0 Å². The lowest BCUT2D eigenvalue weighted by atomic mass is 10.1. The van der Waals surface area contributed by atoms with Crippen molar-refractivity contribution in [1.29, 1.82) is 0 Å². The SMILES string of the molecule is [CH2]COCCCCCCCC/C=C\C/C=C\CCCCC. The summed E-state index contributed by atoms with van der Waals surface area (Å²) in [5.74, 6) is 0. The van der Waals surface area contributed by atoms with Crippen molar-refractivity contribution in [1.82, 2.24) is 0 Å². The molecule has 0 unspecified atom stereocenters. The first-order chi connectivity index (χ1) is 10.4. The van der Waals surface area contributed by atoms with Gasteiger partial charge in [0.25, 0.3) is 0 Å². The Balaban J connectivity index is 3.11. The summed E-state index contributed by atoms with van der Waals surface area (Å²) < 4.78 is 5.23. The lowest BCUT2D eigenvalue weighted by Crippen LogP contribution is -1.93. The molecular formula is C20H37O. The Hall–Kier alpha value is -0.560. The summed E-state index contributed by atoms with van der Waals surface area (Å²) in [6, 6.07) is 0. The smallest absolute Gasteiger partial charge is 0.0466 e. The highest BCUT2D eigenvalue weighted by atomic mass is 16.5. The standard InChI is InChI=1S/C20H37O/c1-3-5-6-7-8-9-10-11-12-13-14-15-16-17-18-19-20-21-4-2/h8-9,11-12H,2-7,10,13-20H2,1H3/b9-8-,12-11-. The van der Waals surface area contributed by atoms with Crippen LogP contribution in [0, 0.1) is 6.92 Å². The van der Waals surface area contributed by atoms with Gasteiger partial charge in [0.15, 0.2) is 0 Å². The van der Waals surface area contributed by atoms with Crippen molar-refractivity contribution < 1.29 is 4.74 Å². The molecule has 0 atom stereocenters. The number of ether oxygens (including phenoxy) is 1. The summed E-state index contributed by atoms with van der Waals surface area (Å²) in [5.41, 5.74) is 0. The van der Waals surface area contributed by atoms with Gasteiger partial charge in [0.2, 0.25) is 0 Å². The molecule has 0 saturated heterocycles. The third-order valence-corrected chi connectivity index (χ3v) is 3.63. The molecule has 0 aromatic carbocycles. The second-order valence-electron chi connectivity index (χ2n) is 5.70. The first-order valence-corrected chi connectivity index (χ1v) is 9.08. The topological polar surface area (TPSA) is 9.23 Å². The number of hydrogen-bond donors (Lipinski definition) is 0. The van der Waals surface area contributed by atoms with Gasteiger partial charge in [-0.15, -0.1) is 0 Å². The van der Waals surface area contributed by atoms with Crippen LogP contribution in [0.2, 0.25) is 0 Å². The van der Waals surface area contributed by atoms with Crippen LogP contribution in [0.4, 0.5) is 0 Å². The Morgan fingerprint density at radius 2 is 1.29 bits per heavy atom. The second-order valence-corrected chi connectivity index (χ2v) is 5.70. The van der Waals surface area contributed by atoms with E-state index in [1.54, 1.807) is 0 Å². The van der Waals surface area contributed by atoms with Crippen molar-refractivity contribution in [2.75, 3.05) is 13.2 Å². The van der Waals surface area contributed by atoms with E-state index in [9.17, 15) is 0 Å². The summed E-state index contributed by atoms with van der Waals surface area (Å²) in [6.45, 7) is 7.42. The van der Waals surface area contributed by atoms with Crippen LogP contribution in [-0.2, 0) is 4.74 Å². The molecule has 1 nitrogen and oxygen atoms in total. The maximum Gasteiger partial charge on any atom is 0.0466 e. The minimum absolute atomic E-state index is 0.611. The highest BCUT2D eigenvalue weighted by molar-refractivity contribution is 4.92. The van der Waals surface area contributed by atoms with E-state index in [1.807, 2.05) is 0 Å². The molecule has 0 bridgehead atoms. The van der Waals surface area contributed by atoms with Crippen LogP contribution < -0.4 is 0 Å². The molecule has 0 fully saturated rings. The molecule has 0 aliphatic carbocycles. The van der Waals surface area contributed by atoms with E-state index in [2.05, 4.69) is 38.2 Å². The highest BCUT2D eigenvalue weighted by Crippen LogP contribution is 2.08.